The number of amides is 9. The van der Waals surface area contributed by atoms with Crippen molar-refractivity contribution in [2.45, 2.75) is 77.7 Å². The number of benzene rings is 2. The van der Waals surface area contributed by atoms with E-state index in [-0.39, 0.29) is 30.8 Å². The molecule has 0 saturated heterocycles. The van der Waals surface area contributed by atoms with E-state index in [1.807, 2.05) is 12.1 Å². The SMILES string of the molecule is CC(=O)N[C@H](CC(=O)O)C(=O)NC(CC(N)=O)C(=O)NC(CCN(C(=O)CO)C(c1cc(-c2cc(F)ccc2F)cn1Cc1ccccc1)C(C)(C)C)C(=O)NCCNC(=O)CN1C(=O)C=CC1=O. The molecule has 9 amide bonds. The Morgan fingerprint density at radius 1 is 0.797 bits per heavy atom. The van der Waals surface area contributed by atoms with Crippen LogP contribution in [0.25, 0.3) is 11.1 Å². The second kappa shape index (κ2) is 24.3. The highest BCUT2D eigenvalue weighted by molar-refractivity contribution is 6.14. The molecule has 1 aromatic heterocycles. The predicted molar refractivity (Wildman–Crippen MR) is 240 cm³/mol. The second-order valence-corrected chi connectivity index (χ2v) is 17.1. The Labute approximate surface area is 394 Å². The molecule has 4 rings (SSSR count). The Morgan fingerprint density at radius 3 is 1.99 bits per heavy atom. The molecule has 3 unspecified atom stereocenters. The number of carboxylic acid groups (broad SMARTS) is 1. The van der Waals surface area contributed by atoms with Crippen LogP contribution < -0.4 is 32.3 Å². The fraction of sp³-hybridized carbons (Fsp3) is 0.391. The van der Waals surface area contributed by atoms with Crippen LogP contribution in [0.3, 0.4) is 0 Å². The Bertz CT molecular complexity index is 2440. The third-order valence-corrected chi connectivity index (χ3v) is 10.6. The summed E-state index contributed by atoms with van der Waals surface area (Å²) in [5.74, 6) is -11.2. The van der Waals surface area contributed by atoms with Gasteiger partial charge in [0.1, 0.15) is 42.9 Å². The number of carbonyl (C=O) groups is 10. The highest BCUT2D eigenvalue weighted by atomic mass is 19.1. The van der Waals surface area contributed by atoms with Gasteiger partial charge in [-0.2, -0.15) is 0 Å². The average molecular weight is 964 g/mol. The van der Waals surface area contributed by atoms with E-state index in [1.54, 1.807) is 55.8 Å². The van der Waals surface area contributed by atoms with Crippen molar-refractivity contribution in [3.05, 3.63) is 95.8 Å². The molecule has 21 nitrogen and oxygen atoms in total. The maximum atomic E-state index is 15.3. The number of imide groups is 1. The van der Waals surface area contributed by atoms with Gasteiger partial charge >= 0.3 is 5.97 Å². The highest BCUT2D eigenvalue weighted by Crippen LogP contribution is 2.41. The Hall–Kier alpha value is -7.82. The van der Waals surface area contributed by atoms with E-state index in [1.165, 1.54) is 4.90 Å². The molecule has 1 aliphatic heterocycles. The number of aliphatic hydroxyl groups is 1. The molecule has 2 aromatic carbocycles. The van der Waals surface area contributed by atoms with Crippen LogP contribution in [-0.2, 0) is 54.5 Å². The monoisotopic (exact) mass is 963 g/mol. The quantitative estimate of drug-likeness (QED) is 0.0427. The number of aliphatic hydroxyl groups excluding tert-OH is 1. The van der Waals surface area contributed by atoms with Crippen molar-refractivity contribution in [2.24, 2.45) is 11.1 Å². The number of nitrogens with one attached hydrogen (secondary N) is 5. The zero-order chi connectivity index (χ0) is 51.2. The van der Waals surface area contributed by atoms with Crippen LogP contribution in [-0.4, -0.2) is 135 Å². The average Bonchev–Trinajstić information content (AvgIpc) is 3.82. The molecule has 23 heteroatoms. The van der Waals surface area contributed by atoms with Crippen molar-refractivity contribution in [3.63, 3.8) is 0 Å². The molecule has 0 fully saturated rings. The highest BCUT2D eigenvalue weighted by Gasteiger charge is 2.39. The molecule has 1 aliphatic rings. The van der Waals surface area contributed by atoms with Gasteiger partial charge in [-0.25, -0.2) is 8.78 Å². The van der Waals surface area contributed by atoms with Gasteiger partial charge in [-0.1, -0.05) is 51.1 Å². The number of hydrogen-bond donors (Lipinski definition) is 8. The number of rotatable bonds is 24. The molecule has 69 heavy (non-hydrogen) atoms. The van der Waals surface area contributed by atoms with Gasteiger partial charge in [-0.3, -0.25) is 52.8 Å². The first-order valence-electron chi connectivity index (χ1n) is 21.5. The molecule has 4 atom stereocenters. The summed E-state index contributed by atoms with van der Waals surface area (Å²) >= 11 is 0. The van der Waals surface area contributed by atoms with Crippen LogP contribution in [0.15, 0.2) is 72.9 Å². The van der Waals surface area contributed by atoms with Gasteiger partial charge in [0.25, 0.3) is 11.8 Å². The maximum absolute atomic E-state index is 15.3. The summed E-state index contributed by atoms with van der Waals surface area (Å²) in [5, 5.41) is 31.4. The number of halogens is 2. The summed E-state index contributed by atoms with van der Waals surface area (Å²) in [6, 6.07) is 7.43. The first-order valence-corrected chi connectivity index (χ1v) is 21.5. The molecule has 9 N–H and O–H groups in total. The third kappa shape index (κ3) is 15.6. The molecule has 3 aromatic rings. The van der Waals surface area contributed by atoms with Crippen LogP contribution in [0.1, 0.15) is 64.3 Å². The summed E-state index contributed by atoms with van der Waals surface area (Å²) in [7, 11) is 0. The fourth-order valence-corrected chi connectivity index (χ4v) is 7.52. The first-order chi connectivity index (χ1) is 32.5. The molecule has 370 valence electrons. The van der Waals surface area contributed by atoms with E-state index >= 15 is 4.39 Å². The molecule has 0 bridgehead atoms. The minimum Gasteiger partial charge on any atom is -0.481 e. The van der Waals surface area contributed by atoms with E-state index in [2.05, 4.69) is 26.6 Å². The molecular weight excluding hydrogens is 909 g/mol. The zero-order valence-corrected chi connectivity index (χ0v) is 38.3. The van der Waals surface area contributed by atoms with E-state index in [0.29, 0.717) is 10.6 Å². The number of primary amides is 1. The number of aliphatic carboxylic acids is 1. The molecular formula is C46H55F2N9O12. The molecule has 0 saturated carbocycles. The number of nitrogens with two attached hydrogens (primary N) is 1. The lowest BCUT2D eigenvalue weighted by molar-refractivity contribution is -0.141. The first kappa shape index (κ1) is 53.8. The normalized spacial score (nSPS) is 14.0. The van der Waals surface area contributed by atoms with Crippen LogP contribution in [0.5, 0.6) is 0 Å². The summed E-state index contributed by atoms with van der Waals surface area (Å²) in [5.41, 5.74) is 5.86. The van der Waals surface area contributed by atoms with Gasteiger partial charge in [0, 0.05) is 68.3 Å². The number of hydrogen-bond acceptors (Lipinski definition) is 11. The lowest BCUT2D eigenvalue weighted by atomic mass is 9.82. The number of carboxylic acids is 1. The van der Waals surface area contributed by atoms with E-state index in [0.717, 1.165) is 42.8 Å². The largest absolute Gasteiger partial charge is 0.481 e. The van der Waals surface area contributed by atoms with E-state index < -0.39 is 139 Å². The van der Waals surface area contributed by atoms with Crippen molar-refractivity contribution in [3.8, 4) is 11.1 Å². The minimum absolute atomic E-state index is 0.0783. The number of nitrogens with zero attached hydrogens (tertiary/aromatic N) is 3. The van der Waals surface area contributed by atoms with Gasteiger partial charge in [-0.15, -0.1) is 0 Å². The predicted octanol–water partition coefficient (Wildman–Crippen LogP) is -0.238. The molecule has 2 heterocycles. The van der Waals surface area contributed by atoms with Gasteiger partial charge in [0.05, 0.1) is 18.9 Å². The number of carbonyl (C=O) groups excluding carboxylic acids is 9. The smallest absolute Gasteiger partial charge is 0.305 e. The number of aromatic nitrogens is 1. The van der Waals surface area contributed by atoms with Crippen molar-refractivity contribution < 1.29 is 66.9 Å². The second-order valence-electron chi connectivity index (χ2n) is 17.1. The van der Waals surface area contributed by atoms with Gasteiger partial charge in [0.15, 0.2) is 0 Å². The summed E-state index contributed by atoms with van der Waals surface area (Å²) in [6.07, 6.45) is 1.35. The van der Waals surface area contributed by atoms with E-state index in [9.17, 15) is 62.5 Å². The van der Waals surface area contributed by atoms with Crippen molar-refractivity contribution in [1.29, 1.82) is 0 Å². The Kier molecular flexibility index (Phi) is 18.9. The van der Waals surface area contributed by atoms with Crippen molar-refractivity contribution in [1.82, 2.24) is 41.0 Å². The van der Waals surface area contributed by atoms with Crippen LogP contribution >= 0.6 is 0 Å². The zero-order valence-electron chi connectivity index (χ0n) is 38.3. The van der Waals surface area contributed by atoms with Gasteiger partial charge in [0.2, 0.25) is 41.4 Å². The Balaban J connectivity index is 1.71. The minimum atomic E-state index is -1.85. The lowest BCUT2D eigenvalue weighted by Crippen LogP contribution is -2.58. The third-order valence-electron chi connectivity index (χ3n) is 10.6. The van der Waals surface area contributed by atoms with Crippen LogP contribution in [0, 0.1) is 17.0 Å². The molecule has 0 aliphatic carbocycles. The maximum Gasteiger partial charge on any atom is 0.305 e. The van der Waals surface area contributed by atoms with Crippen molar-refractivity contribution >= 4 is 59.1 Å². The van der Waals surface area contributed by atoms with Crippen LogP contribution in [0.2, 0.25) is 0 Å². The Morgan fingerprint density at radius 2 is 1.41 bits per heavy atom. The lowest BCUT2D eigenvalue weighted by Gasteiger charge is -2.41. The van der Waals surface area contributed by atoms with Gasteiger partial charge in [-0.05, 0) is 41.7 Å². The summed E-state index contributed by atoms with van der Waals surface area (Å²) in [4.78, 5) is 129. The standard InChI is InChI=1S/C46H55F2N9O12/c1-26(59)52-34(21-41(65)66)45(69)54-33(20-36(49)60)44(68)53-32(43(67)51-16-15-50-37(61)24-57-38(62)12-13-39(57)63)14-17-56(40(64)25-58)42(46(2,3)4)35-18-28(30-19-29(47)10-11-31(30)48)23-55(35)22-27-8-6-5-7-9-27/h5-13,18-19,23,32-34,42,58H,14-17,20-22,24-25H2,1-4H3,(H2,49,60)(H,50,61)(H,51,67)(H,52,59)(H,53,68)(H,54,69)(H,65,66)/t32?,33?,34-,42?/m1/s1. The summed E-state index contributed by atoms with van der Waals surface area (Å²) in [6.45, 7) is 3.91. The van der Waals surface area contributed by atoms with Crippen LogP contribution in [0.4, 0.5) is 8.78 Å². The topological polar surface area (TPSA) is 309 Å². The fourth-order valence-electron chi connectivity index (χ4n) is 7.52. The molecule has 0 spiro atoms. The summed E-state index contributed by atoms with van der Waals surface area (Å²) < 4.78 is 31.6. The van der Waals surface area contributed by atoms with E-state index in [4.69, 9.17) is 5.73 Å². The van der Waals surface area contributed by atoms with Gasteiger partial charge < -0.3 is 52.0 Å². The van der Waals surface area contributed by atoms with Crippen molar-refractivity contribution in [2.75, 3.05) is 32.8 Å². The molecule has 0 radical (unpaired) electrons.